The predicted octanol–water partition coefficient (Wildman–Crippen LogP) is 0.313. The lowest BCUT2D eigenvalue weighted by Crippen LogP contribution is -2.26. The monoisotopic (exact) mass is 159 g/mol. The lowest BCUT2D eigenvalue weighted by atomic mass is 9.87. The van der Waals surface area contributed by atoms with Crippen LogP contribution in [0.1, 0.15) is 26.7 Å². The van der Waals surface area contributed by atoms with E-state index in [0.717, 1.165) is 0 Å². The maximum atomic E-state index is 11.0. The molecule has 0 radical (unpaired) electrons. The molecule has 3 nitrogen and oxygen atoms in total. The Kier molecular flexibility index (Phi) is 4.30. The van der Waals surface area contributed by atoms with Crippen molar-refractivity contribution in [3.8, 4) is 0 Å². The van der Waals surface area contributed by atoms with Crippen LogP contribution >= 0.6 is 0 Å². The Hall–Kier alpha value is -0.410. The first kappa shape index (κ1) is 10.6. The van der Waals surface area contributed by atoms with Crippen LogP contribution in [0, 0.1) is 5.41 Å². The molecule has 0 aromatic heterocycles. The van der Waals surface area contributed by atoms with Crippen molar-refractivity contribution < 1.29 is 9.90 Å². The Morgan fingerprint density at radius 1 is 1.55 bits per heavy atom. The second-order valence-electron chi connectivity index (χ2n) is 3.56. The Balaban J connectivity index is 3.74. The van der Waals surface area contributed by atoms with Crippen molar-refractivity contribution in [1.29, 1.82) is 0 Å². The summed E-state index contributed by atoms with van der Waals surface area (Å²) in [5.74, 6) is 0.0861. The molecule has 0 aliphatic rings. The lowest BCUT2D eigenvalue weighted by molar-refractivity contribution is -0.121. The number of ketones is 1. The zero-order chi connectivity index (χ0) is 8.91. The number of hydrogen-bond donors (Lipinski definition) is 2. The lowest BCUT2D eigenvalue weighted by Gasteiger charge is -2.20. The smallest absolute Gasteiger partial charge is 0.135 e. The molecule has 0 spiro atoms. The highest BCUT2D eigenvalue weighted by Crippen LogP contribution is 2.18. The van der Waals surface area contributed by atoms with Gasteiger partial charge in [-0.1, -0.05) is 13.8 Å². The van der Waals surface area contributed by atoms with Crippen LogP contribution in [0.5, 0.6) is 0 Å². The quantitative estimate of drug-likeness (QED) is 0.607. The van der Waals surface area contributed by atoms with Crippen molar-refractivity contribution in [2.24, 2.45) is 11.1 Å². The molecular weight excluding hydrogens is 142 g/mol. The average Bonchev–Trinajstić information content (AvgIpc) is 1.87. The molecule has 0 fully saturated rings. The van der Waals surface area contributed by atoms with Gasteiger partial charge in [-0.2, -0.15) is 0 Å². The highest BCUT2D eigenvalue weighted by Gasteiger charge is 2.19. The molecule has 3 heteroatoms. The summed E-state index contributed by atoms with van der Waals surface area (Å²) in [4.78, 5) is 11.0. The van der Waals surface area contributed by atoms with Crippen LogP contribution in [-0.2, 0) is 4.79 Å². The van der Waals surface area contributed by atoms with E-state index in [1.54, 1.807) is 0 Å². The molecule has 0 aromatic carbocycles. The first-order valence-corrected chi connectivity index (χ1v) is 3.84. The zero-order valence-electron chi connectivity index (χ0n) is 7.26. The number of hydrogen-bond acceptors (Lipinski definition) is 3. The number of carbonyl (C=O) groups excluding carboxylic acids is 1. The fourth-order valence-corrected chi connectivity index (χ4v) is 0.819. The maximum Gasteiger partial charge on any atom is 0.135 e. The Bertz CT molecular complexity index is 132. The molecule has 0 unspecified atom stereocenters. The Morgan fingerprint density at radius 3 is 2.45 bits per heavy atom. The van der Waals surface area contributed by atoms with E-state index in [1.165, 1.54) is 0 Å². The number of nitrogens with two attached hydrogens (primary N) is 1. The summed E-state index contributed by atoms with van der Waals surface area (Å²) in [6.07, 6.45) is 0.716. The van der Waals surface area contributed by atoms with E-state index in [9.17, 15) is 4.79 Å². The molecule has 11 heavy (non-hydrogen) atoms. The molecule has 0 heterocycles. The fourth-order valence-electron chi connectivity index (χ4n) is 0.819. The number of carbonyl (C=O) groups is 1. The second kappa shape index (κ2) is 4.46. The minimum Gasteiger partial charge on any atom is -0.396 e. The van der Waals surface area contributed by atoms with Gasteiger partial charge in [0.15, 0.2) is 0 Å². The van der Waals surface area contributed by atoms with E-state index in [0.29, 0.717) is 13.0 Å². The summed E-state index contributed by atoms with van der Waals surface area (Å²) in [6, 6.07) is 0. The highest BCUT2D eigenvalue weighted by atomic mass is 16.3. The predicted molar refractivity (Wildman–Crippen MR) is 44.2 cm³/mol. The Labute approximate surface area is 67.6 Å². The van der Waals surface area contributed by atoms with E-state index in [2.05, 4.69) is 0 Å². The molecule has 0 saturated heterocycles. The second-order valence-corrected chi connectivity index (χ2v) is 3.56. The Morgan fingerprint density at radius 2 is 2.09 bits per heavy atom. The third kappa shape index (κ3) is 4.93. The summed E-state index contributed by atoms with van der Waals surface area (Å²) in [7, 11) is 0. The molecule has 0 bridgehead atoms. The van der Waals surface area contributed by atoms with Gasteiger partial charge in [0.25, 0.3) is 0 Å². The molecular formula is C8H17NO2. The van der Waals surface area contributed by atoms with Crippen LogP contribution in [0.2, 0.25) is 0 Å². The topological polar surface area (TPSA) is 63.3 Å². The van der Waals surface area contributed by atoms with Crippen molar-refractivity contribution in [3.63, 3.8) is 0 Å². The van der Waals surface area contributed by atoms with Crippen LogP contribution in [0.15, 0.2) is 0 Å². The van der Waals surface area contributed by atoms with E-state index in [-0.39, 0.29) is 24.2 Å². The molecule has 3 N–H and O–H groups in total. The normalized spacial score (nSPS) is 11.6. The molecule has 0 aromatic rings. The molecule has 0 atom stereocenters. The van der Waals surface area contributed by atoms with Crippen molar-refractivity contribution >= 4 is 5.78 Å². The van der Waals surface area contributed by atoms with Gasteiger partial charge in [-0.05, 0) is 12.0 Å². The third-order valence-corrected chi connectivity index (χ3v) is 1.62. The van der Waals surface area contributed by atoms with E-state index < -0.39 is 0 Å². The summed E-state index contributed by atoms with van der Waals surface area (Å²) < 4.78 is 0. The SMILES string of the molecule is CC(C)(CN)CC(=O)CCO. The highest BCUT2D eigenvalue weighted by molar-refractivity contribution is 5.79. The molecule has 0 aliphatic heterocycles. The summed E-state index contributed by atoms with van der Waals surface area (Å²) in [6.45, 7) is 4.34. The summed E-state index contributed by atoms with van der Waals surface area (Å²) in [5.41, 5.74) is 5.32. The molecule has 0 saturated carbocycles. The van der Waals surface area contributed by atoms with Gasteiger partial charge in [-0.25, -0.2) is 0 Å². The van der Waals surface area contributed by atoms with Crippen molar-refractivity contribution in [3.05, 3.63) is 0 Å². The largest absolute Gasteiger partial charge is 0.396 e. The maximum absolute atomic E-state index is 11.0. The van der Waals surface area contributed by atoms with E-state index >= 15 is 0 Å². The fraction of sp³-hybridized carbons (Fsp3) is 0.875. The number of rotatable bonds is 5. The summed E-state index contributed by atoms with van der Waals surface area (Å²) in [5, 5.41) is 8.45. The first-order chi connectivity index (χ1) is 5.02. The number of aliphatic hydroxyl groups is 1. The molecule has 0 rings (SSSR count). The number of Topliss-reactive ketones (excluding diaryl/α,β-unsaturated/α-hetero) is 1. The minimum absolute atomic E-state index is 0.0561. The number of aliphatic hydroxyl groups excluding tert-OH is 1. The van der Waals surface area contributed by atoms with Crippen molar-refractivity contribution in [2.45, 2.75) is 26.7 Å². The average molecular weight is 159 g/mol. The van der Waals surface area contributed by atoms with Gasteiger partial charge in [0.2, 0.25) is 0 Å². The van der Waals surface area contributed by atoms with Gasteiger partial charge in [0, 0.05) is 19.4 Å². The van der Waals surface area contributed by atoms with Crippen molar-refractivity contribution in [1.82, 2.24) is 0 Å². The van der Waals surface area contributed by atoms with E-state index in [1.807, 2.05) is 13.8 Å². The van der Waals surface area contributed by atoms with Gasteiger partial charge in [0.1, 0.15) is 5.78 Å². The minimum atomic E-state index is -0.119. The van der Waals surface area contributed by atoms with Gasteiger partial charge in [-0.3, -0.25) is 4.79 Å². The molecule has 66 valence electrons. The third-order valence-electron chi connectivity index (χ3n) is 1.62. The summed E-state index contributed by atoms with van der Waals surface area (Å²) >= 11 is 0. The van der Waals surface area contributed by atoms with Gasteiger partial charge in [0.05, 0.1) is 0 Å². The van der Waals surface area contributed by atoms with Gasteiger partial charge >= 0.3 is 0 Å². The molecule has 0 aliphatic carbocycles. The van der Waals surface area contributed by atoms with Crippen LogP contribution in [-0.4, -0.2) is 24.0 Å². The first-order valence-electron chi connectivity index (χ1n) is 3.84. The van der Waals surface area contributed by atoms with Gasteiger partial charge in [-0.15, -0.1) is 0 Å². The van der Waals surface area contributed by atoms with Crippen LogP contribution < -0.4 is 5.73 Å². The van der Waals surface area contributed by atoms with Crippen LogP contribution in [0.4, 0.5) is 0 Å². The molecule has 0 amide bonds. The van der Waals surface area contributed by atoms with Crippen LogP contribution in [0.3, 0.4) is 0 Å². The zero-order valence-corrected chi connectivity index (χ0v) is 7.26. The van der Waals surface area contributed by atoms with Crippen LogP contribution in [0.25, 0.3) is 0 Å². The standard InChI is InChI=1S/C8H17NO2/c1-8(2,6-9)5-7(11)3-4-10/h10H,3-6,9H2,1-2H3. The van der Waals surface area contributed by atoms with E-state index in [4.69, 9.17) is 10.8 Å². The van der Waals surface area contributed by atoms with Crippen molar-refractivity contribution in [2.75, 3.05) is 13.2 Å². The van der Waals surface area contributed by atoms with Gasteiger partial charge < -0.3 is 10.8 Å².